The maximum atomic E-state index is 6.16. The van der Waals surface area contributed by atoms with Crippen molar-refractivity contribution in [3.05, 3.63) is 76.8 Å². The minimum absolute atomic E-state index is 0.619. The maximum Gasteiger partial charge on any atom is 0.235 e. The topological polar surface area (TPSA) is 99.0 Å². The first-order valence-electron chi connectivity index (χ1n) is 10.6. The Hall–Kier alpha value is -3.77. The van der Waals surface area contributed by atoms with Crippen LogP contribution in [0.2, 0.25) is 10.0 Å². The van der Waals surface area contributed by atoms with Crippen LogP contribution in [0.15, 0.2) is 66.7 Å². The summed E-state index contributed by atoms with van der Waals surface area (Å²) in [6.45, 7) is 0. The Morgan fingerprint density at radius 3 is 1.53 bits per heavy atom. The fourth-order valence-corrected chi connectivity index (χ4v) is 5.73. The molecule has 0 atom stereocenters. The van der Waals surface area contributed by atoms with Crippen molar-refractivity contribution in [2.24, 2.45) is 0 Å². The van der Waals surface area contributed by atoms with Crippen LogP contribution in [-0.4, -0.2) is 44.6 Å². The van der Waals surface area contributed by atoms with Crippen molar-refractivity contribution in [2.75, 3.05) is 0 Å². The van der Waals surface area contributed by atoms with E-state index in [1.807, 2.05) is 66.7 Å². The summed E-state index contributed by atoms with van der Waals surface area (Å²) in [7, 11) is 0. The second-order valence-electron chi connectivity index (χ2n) is 7.68. The third-order valence-corrected chi connectivity index (χ3v) is 7.65. The fraction of sp³-hybridized carbons (Fsp3) is 0. The van der Waals surface area contributed by atoms with Gasteiger partial charge in [0.1, 0.15) is 11.4 Å². The molecule has 13 heteroatoms. The van der Waals surface area contributed by atoms with Crippen molar-refractivity contribution in [1.82, 2.24) is 44.6 Å². The molecule has 7 aromatic rings. The van der Waals surface area contributed by atoms with Crippen molar-refractivity contribution in [3.8, 4) is 44.2 Å². The number of rotatable bonds is 4. The van der Waals surface area contributed by atoms with Crippen LogP contribution in [0.25, 0.3) is 54.1 Å². The van der Waals surface area contributed by atoms with Gasteiger partial charge in [-0.05, 0) is 36.4 Å². The molecule has 0 spiro atoms. The van der Waals surface area contributed by atoms with Gasteiger partial charge in [-0.3, -0.25) is 0 Å². The lowest BCUT2D eigenvalue weighted by Crippen LogP contribution is -1.93. The lowest BCUT2D eigenvalue weighted by Gasteiger charge is -2.00. The lowest BCUT2D eigenvalue weighted by atomic mass is 10.2. The quantitative estimate of drug-likeness (QED) is 0.264. The predicted molar refractivity (Wildman–Crippen MR) is 140 cm³/mol. The minimum atomic E-state index is 0.619. The first-order chi connectivity index (χ1) is 17.6. The molecule has 0 saturated carbocycles. The molecule has 0 unspecified atom stereocenters. The van der Waals surface area contributed by atoms with Gasteiger partial charge in [-0.2, -0.15) is 19.2 Å². The minimum Gasteiger partial charge on any atom is -0.243 e. The molecule has 174 valence electrons. The molecule has 2 aromatic carbocycles. The second-order valence-corrected chi connectivity index (χ2v) is 10.5. The smallest absolute Gasteiger partial charge is 0.235 e. The highest BCUT2D eigenvalue weighted by Gasteiger charge is 2.18. The summed E-state index contributed by atoms with van der Waals surface area (Å²) < 4.78 is 3.42. The van der Waals surface area contributed by atoms with E-state index in [0.29, 0.717) is 53.0 Å². The number of hydrogen-bond donors (Lipinski definition) is 0. The molecule has 7 rings (SSSR count). The zero-order valence-electron chi connectivity index (χ0n) is 17.9. The summed E-state index contributed by atoms with van der Waals surface area (Å²) in [5.74, 6) is 1.24. The molecule has 5 heterocycles. The second kappa shape index (κ2) is 8.42. The highest BCUT2D eigenvalue weighted by Crippen LogP contribution is 2.31. The Morgan fingerprint density at radius 1 is 0.583 bits per heavy atom. The standard InChI is InChI=1S/C23H11Cl2N9S2/c24-14-6-1-4-12(10-14)18-27-29-22-33(18)31-20(35-22)16-8-3-9-17(26-16)21-32-34-19(28-30-23(34)36-21)13-5-2-7-15(25)11-13/h1-11H. The number of aromatic nitrogens is 9. The van der Waals surface area contributed by atoms with Crippen LogP contribution in [0.1, 0.15) is 0 Å². The lowest BCUT2D eigenvalue weighted by molar-refractivity contribution is 0.962. The maximum absolute atomic E-state index is 6.16. The Balaban J connectivity index is 1.27. The van der Waals surface area contributed by atoms with Gasteiger partial charge in [0.15, 0.2) is 21.7 Å². The van der Waals surface area contributed by atoms with E-state index < -0.39 is 0 Å². The Bertz CT molecular complexity index is 1770. The van der Waals surface area contributed by atoms with Crippen LogP contribution in [0.5, 0.6) is 0 Å². The first-order valence-corrected chi connectivity index (χ1v) is 13.0. The summed E-state index contributed by atoms with van der Waals surface area (Å²) in [6.07, 6.45) is 0. The molecule has 0 fully saturated rings. The van der Waals surface area contributed by atoms with Gasteiger partial charge < -0.3 is 0 Å². The van der Waals surface area contributed by atoms with E-state index in [1.165, 1.54) is 22.7 Å². The van der Waals surface area contributed by atoms with Crippen LogP contribution >= 0.6 is 45.9 Å². The summed E-state index contributed by atoms with van der Waals surface area (Å²) >= 11 is 15.1. The van der Waals surface area contributed by atoms with E-state index in [1.54, 1.807) is 9.03 Å². The van der Waals surface area contributed by atoms with Gasteiger partial charge in [0.25, 0.3) is 0 Å². The number of nitrogens with zero attached hydrogens (tertiary/aromatic N) is 9. The Labute approximate surface area is 220 Å². The Kier molecular flexibility index (Phi) is 5.03. The number of hydrogen-bond acceptors (Lipinski definition) is 9. The predicted octanol–water partition coefficient (Wildman–Crippen LogP) is 6.05. The number of halogens is 2. The molecule has 9 nitrogen and oxygen atoms in total. The van der Waals surface area contributed by atoms with Crippen LogP contribution in [-0.2, 0) is 0 Å². The zero-order chi connectivity index (χ0) is 24.2. The fourth-order valence-electron chi connectivity index (χ4n) is 3.73. The molecular formula is C23H11Cl2N9S2. The first kappa shape index (κ1) is 21.5. The molecule has 0 aliphatic heterocycles. The molecule has 0 bridgehead atoms. The van der Waals surface area contributed by atoms with Gasteiger partial charge in [0.05, 0.1) is 0 Å². The van der Waals surface area contributed by atoms with E-state index >= 15 is 0 Å². The number of fused-ring (bicyclic) bond motifs is 2. The van der Waals surface area contributed by atoms with Crippen LogP contribution in [0.3, 0.4) is 0 Å². The van der Waals surface area contributed by atoms with Crippen molar-refractivity contribution in [3.63, 3.8) is 0 Å². The highest BCUT2D eigenvalue weighted by atomic mass is 35.5. The van der Waals surface area contributed by atoms with Crippen LogP contribution < -0.4 is 0 Å². The van der Waals surface area contributed by atoms with Crippen LogP contribution in [0, 0.1) is 0 Å². The van der Waals surface area contributed by atoms with Gasteiger partial charge in [-0.25, -0.2) is 4.98 Å². The molecule has 0 aliphatic rings. The van der Waals surface area contributed by atoms with Crippen molar-refractivity contribution in [2.45, 2.75) is 0 Å². The normalized spacial score (nSPS) is 11.6. The van der Waals surface area contributed by atoms with Gasteiger partial charge >= 0.3 is 0 Å². The molecule has 0 radical (unpaired) electrons. The summed E-state index contributed by atoms with van der Waals surface area (Å²) in [5, 5.41) is 29.2. The third-order valence-electron chi connectivity index (χ3n) is 5.33. The average Bonchev–Trinajstić information content (AvgIpc) is 3.64. The van der Waals surface area contributed by atoms with Crippen molar-refractivity contribution in [1.29, 1.82) is 0 Å². The van der Waals surface area contributed by atoms with E-state index in [0.717, 1.165) is 11.1 Å². The zero-order valence-corrected chi connectivity index (χ0v) is 21.1. The molecule has 36 heavy (non-hydrogen) atoms. The van der Waals surface area contributed by atoms with Crippen molar-refractivity contribution < 1.29 is 0 Å². The van der Waals surface area contributed by atoms with Gasteiger partial charge in [0, 0.05) is 21.2 Å². The molecule has 5 aromatic heterocycles. The third kappa shape index (κ3) is 3.64. The monoisotopic (exact) mass is 547 g/mol. The molecular weight excluding hydrogens is 537 g/mol. The van der Waals surface area contributed by atoms with E-state index in [2.05, 4.69) is 20.4 Å². The summed E-state index contributed by atoms with van der Waals surface area (Å²) in [5.41, 5.74) is 3.09. The van der Waals surface area contributed by atoms with Gasteiger partial charge in [0.2, 0.25) is 9.92 Å². The molecule has 0 N–H and O–H groups in total. The SMILES string of the molecule is Clc1cccc(-c2nnc3sc(-c4cccc(-c5nn6c(-c7cccc(Cl)c7)nnc6s5)n4)nn23)c1. The molecule has 0 aliphatic carbocycles. The number of pyridine rings is 1. The van der Waals surface area contributed by atoms with Gasteiger partial charge in [-0.1, -0.05) is 76.2 Å². The van der Waals surface area contributed by atoms with E-state index in [9.17, 15) is 0 Å². The van der Waals surface area contributed by atoms with Gasteiger partial charge in [-0.15, -0.1) is 20.4 Å². The summed E-state index contributed by atoms with van der Waals surface area (Å²) in [6, 6.07) is 20.6. The van der Waals surface area contributed by atoms with E-state index in [4.69, 9.17) is 38.4 Å². The number of benzene rings is 2. The Morgan fingerprint density at radius 2 is 1.06 bits per heavy atom. The highest BCUT2D eigenvalue weighted by molar-refractivity contribution is 7.20. The average molecular weight is 548 g/mol. The molecule has 0 amide bonds. The molecule has 0 saturated heterocycles. The van der Waals surface area contributed by atoms with Crippen molar-refractivity contribution >= 4 is 55.8 Å². The summed E-state index contributed by atoms with van der Waals surface area (Å²) in [4.78, 5) is 6.15. The van der Waals surface area contributed by atoms with Crippen LogP contribution in [0.4, 0.5) is 0 Å². The largest absolute Gasteiger partial charge is 0.243 e. The van der Waals surface area contributed by atoms with E-state index in [-0.39, 0.29) is 0 Å².